The molecule has 0 bridgehead atoms. The molecule has 0 spiro atoms. The highest BCUT2D eigenvalue weighted by Crippen LogP contribution is 2.29. The van der Waals surface area contributed by atoms with E-state index in [0.717, 1.165) is 10.9 Å². The van der Waals surface area contributed by atoms with Gasteiger partial charge in [-0.25, -0.2) is 4.79 Å². The normalized spacial score (nSPS) is 11.9. The van der Waals surface area contributed by atoms with Crippen molar-refractivity contribution in [3.05, 3.63) is 56.9 Å². The van der Waals surface area contributed by atoms with Crippen LogP contribution in [-0.2, 0) is 16.0 Å². The molecular weight excluding hydrogens is 362 g/mol. The molecule has 0 aliphatic rings. The van der Waals surface area contributed by atoms with Gasteiger partial charge in [0.2, 0.25) is 11.8 Å². The van der Waals surface area contributed by atoms with Crippen molar-refractivity contribution < 1.29 is 9.59 Å². The van der Waals surface area contributed by atoms with Crippen molar-refractivity contribution in [1.82, 2.24) is 25.6 Å². The van der Waals surface area contributed by atoms with Gasteiger partial charge in [0.05, 0.1) is 11.3 Å². The van der Waals surface area contributed by atoms with Crippen molar-refractivity contribution in [1.29, 1.82) is 0 Å². The zero-order valence-electron chi connectivity index (χ0n) is 15.5. The molecule has 28 heavy (non-hydrogen) atoms. The first-order valence-electron chi connectivity index (χ1n) is 8.87. The zero-order chi connectivity index (χ0) is 20.3. The molecule has 0 aliphatic carbocycles. The lowest BCUT2D eigenvalue weighted by Gasteiger charge is -2.18. The van der Waals surface area contributed by atoms with Crippen LogP contribution in [0.15, 0.2) is 40.1 Å². The van der Waals surface area contributed by atoms with E-state index < -0.39 is 17.3 Å². The predicted molar refractivity (Wildman–Crippen MR) is 105 cm³/mol. The summed E-state index contributed by atoms with van der Waals surface area (Å²) in [5, 5.41) is 6.19. The number of carbonyl (C=O) groups is 2. The van der Waals surface area contributed by atoms with E-state index in [-0.39, 0.29) is 23.8 Å². The number of aromatic amines is 3. The summed E-state index contributed by atoms with van der Waals surface area (Å²) < 4.78 is 0. The van der Waals surface area contributed by atoms with Gasteiger partial charge in [-0.2, -0.15) is 0 Å². The van der Waals surface area contributed by atoms with Gasteiger partial charge in [0.1, 0.15) is 6.04 Å². The van der Waals surface area contributed by atoms with Crippen molar-refractivity contribution in [2.45, 2.75) is 26.3 Å². The molecule has 3 aromatic rings. The predicted octanol–water partition coefficient (Wildman–Crippen LogP) is 0.395. The van der Waals surface area contributed by atoms with E-state index in [2.05, 4.69) is 25.6 Å². The first-order valence-corrected chi connectivity index (χ1v) is 8.87. The van der Waals surface area contributed by atoms with Crippen LogP contribution in [0.5, 0.6) is 0 Å². The van der Waals surface area contributed by atoms with Crippen molar-refractivity contribution >= 4 is 22.7 Å². The van der Waals surface area contributed by atoms with Crippen LogP contribution < -0.4 is 21.9 Å². The maximum atomic E-state index is 12.4. The molecule has 0 saturated heterocycles. The molecule has 0 saturated carbocycles. The van der Waals surface area contributed by atoms with Crippen LogP contribution in [0.25, 0.3) is 22.2 Å². The van der Waals surface area contributed by atoms with E-state index >= 15 is 0 Å². The second-order valence-corrected chi connectivity index (χ2v) is 6.36. The third-order valence-corrected chi connectivity index (χ3v) is 4.36. The number of likely N-dealkylation sites (N-methyl/N-ethyl adjacent to an activating group) is 1. The summed E-state index contributed by atoms with van der Waals surface area (Å²) in [5.41, 5.74) is 1.03. The summed E-state index contributed by atoms with van der Waals surface area (Å²) in [4.78, 5) is 55.6. The number of carbonyl (C=O) groups excluding carboxylic acids is 2. The number of benzene rings is 1. The minimum Gasteiger partial charge on any atom is -0.355 e. The van der Waals surface area contributed by atoms with Crippen molar-refractivity contribution in [3.63, 3.8) is 0 Å². The van der Waals surface area contributed by atoms with E-state index in [9.17, 15) is 19.2 Å². The van der Waals surface area contributed by atoms with Crippen LogP contribution >= 0.6 is 0 Å². The molecule has 2 amide bonds. The summed E-state index contributed by atoms with van der Waals surface area (Å²) in [6.45, 7) is 3.56. The summed E-state index contributed by atoms with van der Waals surface area (Å²) >= 11 is 0. The Morgan fingerprint density at radius 3 is 2.57 bits per heavy atom. The van der Waals surface area contributed by atoms with Gasteiger partial charge in [-0.1, -0.05) is 18.2 Å². The van der Waals surface area contributed by atoms with Crippen LogP contribution in [0.1, 0.15) is 19.4 Å². The molecule has 1 aromatic carbocycles. The maximum absolute atomic E-state index is 12.4. The fraction of sp³-hybridized carbons (Fsp3) is 0.263. The average molecular weight is 383 g/mol. The van der Waals surface area contributed by atoms with E-state index in [4.69, 9.17) is 0 Å². The monoisotopic (exact) mass is 383 g/mol. The van der Waals surface area contributed by atoms with Crippen LogP contribution in [-0.4, -0.2) is 39.4 Å². The Morgan fingerprint density at radius 1 is 1.14 bits per heavy atom. The Hall–Kier alpha value is -3.62. The van der Waals surface area contributed by atoms with Crippen LogP contribution in [0.3, 0.4) is 0 Å². The largest absolute Gasteiger partial charge is 0.355 e. The Kier molecular flexibility index (Phi) is 5.44. The fourth-order valence-electron chi connectivity index (χ4n) is 3.19. The molecule has 0 unspecified atom stereocenters. The topological polar surface area (TPSA) is 140 Å². The van der Waals surface area contributed by atoms with E-state index in [0.29, 0.717) is 17.8 Å². The molecule has 2 heterocycles. The maximum Gasteiger partial charge on any atom is 0.325 e. The van der Waals surface area contributed by atoms with Crippen LogP contribution in [0, 0.1) is 0 Å². The van der Waals surface area contributed by atoms with Gasteiger partial charge in [-0.15, -0.1) is 0 Å². The highest BCUT2D eigenvalue weighted by molar-refractivity contribution is 5.93. The lowest BCUT2D eigenvalue weighted by Crippen LogP contribution is -2.47. The Morgan fingerprint density at radius 2 is 1.89 bits per heavy atom. The van der Waals surface area contributed by atoms with E-state index in [1.54, 1.807) is 6.92 Å². The van der Waals surface area contributed by atoms with Gasteiger partial charge < -0.3 is 20.6 Å². The number of fused-ring (bicyclic) bond motifs is 1. The minimum atomic E-state index is -0.808. The first kappa shape index (κ1) is 19.2. The number of para-hydroxylation sites is 1. The standard InChI is InChI=1S/C19H21N5O4/c1-3-20-18(27)15(22-10(2)25)8-12-11-6-4-5-7-14(11)23-16(12)13-9-21-19(28)24-17(13)26/h4-7,9,15,23H,3,8H2,1-2H3,(H,20,27)(H,22,25)(H2,21,24,26,28)/t15-/m0/s1. The second kappa shape index (κ2) is 7.95. The molecule has 0 radical (unpaired) electrons. The fourth-order valence-corrected chi connectivity index (χ4v) is 3.19. The lowest BCUT2D eigenvalue weighted by molar-refractivity contribution is -0.128. The van der Waals surface area contributed by atoms with E-state index in [1.807, 2.05) is 24.3 Å². The number of aromatic nitrogens is 3. The number of nitrogens with one attached hydrogen (secondary N) is 5. The number of amides is 2. The molecule has 5 N–H and O–H groups in total. The number of hydrogen-bond acceptors (Lipinski definition) is 4. The van der Waals surface area contributed by atoms with Crippen LogP contribution in [0.2, 0.25) is 0 Å². The quantitative estimate of drug-likeness (QED) is 0.420. The summed E-state index contributed by atoms with van der Waals surface area (Å²) in [5.74, 6) is -0.649. The molecule has 0 aliphatic heterocycles. The first-order chi connectivity index (χ1) is 13.4. The Balaban J connectivity index is 2.15. The molecule has 9 nitrogen and oxygen atoms in total. The molecule has 3 rings (SSSR count). The van der Waals surface area contributed by atoms with Gasteiger partial charge in [0, 0.05) is 37.0 Å². The van der Waals surface area contributed by atoms with Crippen molar-refractivity contribution in [3.8, 4) is 11.3 Å². The molecule has 9 heteroatoms. The number of H-pyrrole nitrogens is 3. The highest BCUT2D eigenvalue weighted by atomic mass is 16.2. The van der Waals surface area contributed by atoms with Crippen molar-refractivity contribution in [2.24, 2.45) is 0 Å². The van der Waals surface area contributed by atoms with Gasteiger partial charge in [-0.3, -0.25) is 19.4 Å². The van der Waals surface area contributed by atoms with Gasteiger partial charge in [0.15, 0.2) is 0 Å². The lowest BCUT2D eigenvalue weighted by atomic mass is 9.99. The summed E-state index contributed by atoms with van der Waals surface area (Å²) in [6, 6.07) is 6.60. The van der Waals surface area contributed by atoms with E-state index in [1.165, 1.54) is 13.1 Å². The minimum absolute atomic E-state index is 0.170. The Bertz CT molecular complexity index is 1140. The second-order valence-electron chi connectivity index (χ2n) is 6.36. The summed E-state index contributed by atoms with van der Waals surface area (Å²) in [7, 11) is 0. The van der Waals surface area contributed by atoms with Gasteiger partial charge in [0.25, 0.3) is 5.56 Å². The van der Waals surface area contributed by atoms with Crippen LogP contribution in [0.4, 0.5) is 0 Å². The van der Waals surface area contributed by atoms with Crippen molar-refractivity contribution in [2.75, 3.05) is 6.54 Å². The third kappa shape index (κ3) is 3.88. The van der Waals surface area contributed by atoms with Gasteiger partial charge >= 0.3 is 5.69 Å². The third-order valence-electron chi connectivity index (χ3n) is 4.36. The number of rotatable bonds is 6. The number of hydrogen-bond donors (Lipinski definition) is 5. The highest BCUT2D eigenvalue weighted by Gasteiger charge is 2.24. The Labute approximate surface area is 159 Å². The molecule has 0 fully saturated rings. The molecular formula is C19H21N5O4. The molecule has 146 valence electrons. The van der Waals surface area contributed by atoms with Gasteiger partial charge in [-0.05, 0) is 18.6 Å². The average Bonchev–Trinajstić information content (AvgIpc) is 2.99. The SMILES string of the molecule is CCNC(=O)[C@H](Cc1c(-c2c[nH]c(=O)[nH]c2=O)[nH]c2ccccc12)NC(C)=O. The molecule has 1 atom stereocenters. The zero-order valence-corrected chi connectivity index (χ0v) is 15.5. The smallest absolute Gasteiger partial charge is 0.325 e. The molecule has 2 aromatic heterocycles. The summed E-state index contributed by atoms with van der Waals surface area (Å²) in [6.07, 6.45) is 1.50.